The maximum absolute atomic E-state index is 9.41. The summed E-state index contributed by atoms with van der Waals surface area (Å²) in [5.41, 5.74) is 1.02. The standard InChI is InChI=1S/C14H9O2S/c15-11-4-1-9(2-5-11)13-7-10-3-6-12(16)8-14(10)17-13/h1-6,8,15-16H. The Morgan fingerprint density at radius 2 is 1.59 bits per heavy atom. The number of benzene rings is 2. The molecule has 0 fully saturated rings. The third-order valence-corrected chi connectivity index (χ3v) is 3.65. The molecule has 1 aromatic heterocycles. The monoisotopic (exact) mass is 241 g/mol. The first kappa shape index (κ1) is 10.2. The van der Waals surface area contributed by atoms with E-state index < -0.39 is 0 Å². The summed E-state index contributed by atoms with van der Waals surface area (Å²) in [7, 11) is 0. The molecule has 0 aliphatic heterocycles. The van der Waals surface area contributed by atoms with Gasteiger partial charge in [0.1, 0.15) is 11.5 Å². The molecule has 3 aromatic rings. The maximum Gasteiger partial charge on any atom is 0.117 e. The van der Waals surface area contributed by atoms with Gasteiger partial charge in [0.2, 0.25) is 0 Å². The molecular formula is C14H9O2S. The second-order valence-corrected chi connectivity index (χ2v) is 4.84. The number of phenolic OH excluding ortho intramolecular Hbond substituents is 2. The number of phenols is 2. The summed E-state index contributed by atoms with van der Waals surface area (Å²) in [5, 5.41) is 19.6. The van der Waals surface area contributed by atoms with Crippen LogP contribution in [0.3, 0.4) is 0 Å². The largest absolute Gasteiger partial charge is 0.508 e. The lowest BCUT2D eigenvalue weighted by Crippen LogP contribution is -1.70. The lowest BCUT2D eigenvalue weighted by molar-refractivity contribution is 0.475. The highest BCUT2D eigenvalue weighted by Gasteiger charge is 2.05. The van der Waals surface area contributed by atoms with Gasteiger partial charge in [-0.1, -0.05) is 0 Å². The van der Waals surface area contributed by atoms with Crippen LogP contribution in [0.15, 0.2) is 42.5 Å². The molecule has 1 heterocycles. The summed E-state index contributed by atoms with van der Waals surface area (Å²) < 4.78 is 1.01. The van der Waals surface area contributed by atoms with E-state index in [0.717, 1.165) is 20.5 Å². The first-order valence-corrected chi connectivity index (χ1v) is 5.98. The molecule has 0 bridgehead atoms. The lowest BCUT2D eigenvalue weighted by atomic mass is 10.1. The van der Waals surface area contributed by atoms with Gasteiger partial charge in [0.15, 0.2) is 0 Å². The van der Waals surface area contributed by atoms with Crippen LogP contribution in [-0.2, 0) is 0 Å². The van der Waals surface area contributed by atoms with E-state index in [4.69, 9.17) is 0 Å². The average molecular weight is 241 g/mol. The van der Waals surface area contributed by atoms with Gasteiger partial charge in [0, 0.05) is 21.0 Å². The van der Waals surface area contributed by atoms with Gasteiger partial charge in [-0.15, -0.1) is 11.3 Å². The van der Waals surface area contributed by atoms with Crippen LogP contribution in [0.25, 0.3) is 20.5 Å². The average Bonchev–Trinajstić information content (AvgIpc) is 2.72. The second-order valence-electron chi connectivity index (χ2n) is 3.78. The van der Waals surface area contributed by atoms with Gasteiger partial charge in [0.25, 0.3) is 0 Å². The van der Waals surface area contributed by atoms with Crippen molar-refractivity contribution in [2.24, 2.45) is 0 Å². The molecular weight excluding hydrogens is 232 g/mol. The summed E-state index contributed by atoms with van der Waals surface area (Å²) in [6.45, 7) is 0. The number of aromatic hydroxyl groups is 2. The molecule has 17 heavy (non-hydrogen) atoms. The molecule has 2 nitrogen and oxygen atoms in total. The van der Waals surface area contributed by atoms with Crippen molar-refractivity contribution >= 4 is 21.4 Å². The van der Waals surface area contributed by atoms with E-state index in [1.165, 1.54) is 0 Å². The third kappa shape index (κ3) is 1.85. The Bertz CT molecular complexity index is 668. The van der Waals surface area contributed by atoms with Gasteiger partial charge >= 0.3 is 0 Å². The molecule has 2 aromatic carbocycles. The molecule has 0 aliphatic carbocycles. The molecule has 3 heteroatoms. The Balaban J connectivity index is 2.14. The van der Waals surface area contributed by atoms with Crippen LogP contribution in [0.2, 0.25) is 0 Å². The maximum atomic E-state index is 9.41. The number of fused-ring (bicyclic) bond motifs is 1. The molecule has 0 unspecified atom stereocenters. The van der Waals surface area contributed by atoms with Gasteiger partial charge in [-0.05, 0) is 48.0 Å². The smallest absolute Gasteiger partial charge is 0.117 e. The van der Waals surface area contributed by atoms with Gasteiger partial charge < -0.3 is 10.2 Å². The molecule has 0 atom stereocenters. The van der Waals surface area contributed by atoms with Crippen LogP contribution >= 0.6 is 11.3 Å². The van der Waals surface area contributed by atoms with E-state index in [-0.39, 0.29) is 11.5 Å². The first-order chi connectivity index (χ1) is 8.22. The Morgan fingerprint density at radius 1 is 0.882 bits per heavy atom. The summed E-state index contributed by atoms with van der Waals surface area (Å²) in [5.74, 6) is 0.525. The van der Waals surface area contributed by atoms with Gasteiger partial charge in [-0.3, -0.25) is 0 Å². The quantitative estimate of drug-likeness (QED) is 0.680. The predicted octanol–water partition coefficient (Wildman–Crippen LogP) is 3.78. The molecule has 0 saturated heterocycles. The van der Waals surface area contributed by atoms with Crippen molar-refractivity contribution in [1.29, 1.82) is 0 Å². The fourth-order valence-corrected chi connectivity index (χ4v) is 2.74. The summed E-state index contributed by atoms with van der Waals surface area (Å²) >= 11 is 1.57. The van der Waals surface area contributed by atoms with E-state index in [1.807, 2.05) is 18.2 Å². The highest BCUT2D eigenvalue weighted by Crippen LogP contribution is 2.34. The predicted molar refractivity (Wildman–Crippen MR) is 69.4 cm³/mol. The zero-order valence-corrected chi connectivity index (χ0v) is 9.66. The first-order valence-electron chi connectivity index (χ1n) is 5.16. The van der Waals surface area contributed by atoms with Crippen LogP contribution in [-0.4, -0.2) is 10.2 Å². The Morgan fingerprint density at radius 3 is 2.35 bits per heavy atom. The van der Waals surface area contributed by atoms with Crippen molar-refractivity contribution in [2.45, 2.75) is 0 Å². The van der Waals surface area contributed by atoms with Gasteiger partial charge in [-0.2, -0.15) is 0 Å². The molecule has 0 spiro atoms. The van der Waals surface area contributed by atoms with Crippen molar-refractivity contribution in [3.05, 3.63) is 48.5 Å². The van der Waals surface area contributed by atoms with Crippen molar-refractivity contribution < 1.29 is 10.2 Å². The molecule has 3 rings (SSSR count). The number of thiophene rings is 1. The van der Waals surface area contributed by atoms with Crippen LogP contribution in [0.5, 0.6) is 11.5 Å². The lowest BCUT2D eigenvalue weighted by Gasteiger charge is -1.95. The molecule has 0 amide bonds. The number of hydrogen-bond acceptors (Lipinski definition) is 3. The van der Waals surface area contributed by atoms with Crippen LogP contribution in [0, 0.1) is 6.07 Å². The van der Waals surface area contributed by atoms with Crippen molar-refractivity contribution in [3.63, 3.8) is 0 Å². The Hall–Kier alpha value is -2.00. The van der Waals surface area contributed by atoms with Crippen LogP contribution < -0.4 is 0 Å². The zero-order chi connectivity index (χ0) is 11.8. The minimum atomic E-state index is 0.257. The van der Waals surface area contributed by atoms with Crippen LogP contribution in [0.4, 0.5) is 0 Å². The summed E-state index contributed by atoms with van der Waals surface area (Å²) in [6, 6.07) is 15.6. The number of hydrogen-bond donors (Lipinski definition) is 2. The van der Waals surface area contributed by atoms with Crippen molar-refractivity contribution in [3.8, 4) is 21.9 Å². The minimum absolute atomic E-state index is 0.257. The van der Waals surface area contributed by atoms with E-state index >= 15 is 0 Å². The zero-order valence-electron chi connectivity index (χ0n) is 8.84. The highest BCUT2D eigenvalue weighted by atomic mass is 32.1. The minimum Gasteiger partial charge on any atom is -0.508 e. The van der Waals surface area contributed by atoms with E-state index in [2.05, 4.69) is 6.07 Å². The van der Waals surface area contributed by atoms with E-state index in [1.54, 1.807) is 35.6 Å². The fraction of sp³-hybridized carbons (Fsp3) is 0. The molecule has 83 valence electrons. The van der Waals surface area contributed by atoms with Gasteiger partial charge in [-0.25, -0.2) is 0 Å². The highest BCUT2D eigenvalue weighted by molar-refractivity contribution is 7.22. The van der Waals surface area contributed by atoms with Crippen LogP contribution in [0.1, 0.15) is 0 Å². The molecule has 0 saturated carbocycles. The summed E-state index contributed by atoms with van der Waals surface area (Å²) in [4.78, 5) is 1.01. The molecule has 0 aliphatic rings. The topological polar surface area (TPSA) is 40.5 Å². The van der Waals surface area contributed by atoms with E-state index in [9.17, 15) is 10.2 Å². The summed E-state index contributed by atoms with van der Waals surface area (Å²) in [6.07, 6.45) is 0. The van der Waals surface area contributed by atoms with E-state index in [0.29, 0.717) is 0 Å². The molecule has 2 N–H and O–H groups in total. The normalized spacial score (nSPS) is 10.8. The Labute approximate surface area is 102 Å². The van der Waals surface area contributed by atoms with Crippen molar-refractivity contribution in [2.75, 3.05) is 0 Å². The Kier molecular flexibility index (Phi) is 2.27. The fourth-order valence-electron chi connectivity index (χ4n) is 1.70. The number of rotatable bonds is 1. The molecule has 1 radical (unpaired) electrons. The second kappa shape index (κ2) is 3.79. The van der Waals surface area contributed by atoms with Crippen molar-refractivity contribution in [1.82, 2.24) is 0 Å². The SMILES string of the molecule is Oc1ccc(-c2[c]c3ccc(O)cc3s2)cc1. The van der Waals surface area contributed by atoms with Gasteiger partial charge in [0.05, 0.1) is 0 Å². The third-order valence-electron chi connectivity index (χ3n) is 2.55.